The molecule has 9 heteroatoms. The molecule has 0 aliphatic rings. The summed E-state index contributed by atoms with van der Waals surface area (Å²) >= 11 is 0. The third-order valence-electron chi connectivity index (χ3n) is 3.04. The Kier molecular flexibility index (Phi) is 4.64. The molecule has 0 atom stereocenters. The highest BCUT2D eigenvalue weighted by atomic mass is 32.2. The Morgan fingerprint density at radius 1 is 1.00 bits per heavy atom. The Labute approximate surface area is 134 Å². The van der Waals surface area contributed by atoms with Crippen molar-refractivity contribution in [3.8, 4) is 5.75 Å². The normalized spacial score (nSPS) is 12.0. The number of nitrogens with one attached hydrogen (secondary N) is 1. The van der Waals surface area contributed by atoms with E-state index in [4.69, 9.17) is 4.74 Å². The van der Waals surface area contributed by atoms with Crippen molar-refractivity contribution in [2.75, 3.05) is 11.8 Å². The predicted molar refractivity (Wildman–Crippen MR) is 84.8 cm³/mol. The zero-order chi connectivity index (χ0) is 17.3. The summed E-state index contributed by atoms with van der Waals surface area (Å²) in [7, 11) is -7.27. The smallest absolute Gasteiger partial charge is 0.296 e. The molecule has 0 spiro atoms. The number of methoxy groups -OCH3 is 1. The number of anilines is 1. The molecule has 23 heavy (non-hydrogen) atoms. The summed E-state index contributed by atoms with van der Waals surface area (Å²) in [6, 6.07) is 9.55. The Bertz CT molecular complexity index is 918. The van der Waals surface area contributed by atoms with Crippen LogP contribution in [0.3, 0.4) is 0 Å². The van der Waals surface area contributed by atoms with Gasteiger partial charge in [0.2, 0.25) is 0 Å². The van der Waals surface area contributed by atoms with E-state index in [1.165, 1.54) is 31.4 Å². The molecule has 0 unspecified atom stereocenters. The summed E-state index contributed by atoms with van der Waals surface area (Å²) < 4.78 is 63.9. The van der Waals surface area contributed by atoms with Crippen LogP contribution in [0.25, 0.3) is 0 Å². The Morgan fingerprint density at radius 3 is 2.13 bits per heavy atom. The fourth-order valence-corrected chi connectivity index (χ4v) is 3.62. The van der Waals surface area contributed by atoms with Gasteiger partial charge in [-0.3, -0.25) is 9.27 Å². The van der Waals surface area contributed by atoms with Crippen LogP contribution in [0.1, 0.15) is 5.56 Å². The van der Waals surface area contributed by atoms with Gasteiger partial charge < -0.3 is 4.74 Å². The molecular weight excluding hydrogens is 342 g/mol. The van der Waals surface area contributed by atoms with Gasteiger partial charge in [0.15, 0.2) is 0 Å². The number of hydrogen-bond donors (Lipinski definition) is 2. The van der Waals surface area contributed by atoms with Crippen molar-refractivity contribution in [3.63, 3.8) is 0 Å². The topological polar surface area (TPSA) is 110 Å². The molecule has 0 aromatic heterocycles. The SMILES string of the molecule is COc1ccc(S(=O)(=O)O)c(NS(=O)(=O)c2ccc(C)cc2)c1. The predicted octanol–water partition coefficient (Wildman–Crippen LogP) is 2.05. The molecule has 2 rings (SSSR count). The summed E-state index contributed by atoms with van der Waals surface area (Å²) in [4.78, 5) is -0.596. The maximum absolute atomic E-state index is 12.4. The lowest BCUT2D eigenvalue weighted by Gasteiger charge is -2.12. The van der Waals surface area contributed by atoms with Crippen molar-refractivity contribution in [2.24, 2.45) is 0 Å². The lowest BCUT2D eigenvalue weighted by Crippen LogP contribution is -2.15. The van der Waals surface area contributed by atoms with Crippen LogP contribution in [0.4, 0.5) is 5.69 Å². The number of ether oxygens (including phenoxy) is 1. The van der Waals surface area contributed by atoms with Crippen molar-refractivity contribution in [1.82, 2.24) is 0 Å². The zero-order valence-electron chi connectivity index (χ0n) is 12.3. The highest BCUT2D eigenvalue weighted by Crippen LogP contribution is 2.28. The maximum Gasteiger partial charge on any atom is 0.296 e. The fourth-order valence-electron chi connectivity index (χ4n) is 1.86. The average molecular weight is 357 g/mol. The standard InChI is InChI=1S/C14H15NO6S2/c1-10-3-6-12(7-4-10)22(16,17)15-13-9-11(21-2)5-8-14(13)23(18,19)20/h3-9,15H,1-2H3,(H,18,19,20). The van der Waals surface area contributed by atoms with E-state index in [2.05, 4.69) is 4.72 Å². The van der Waals surface area contributed by atoms with Crippen molar-refractivity contribution < 1.29 is 26.1 Å². The number of rotatable bonds is 5. The first-order valence-electron chi connectivity index (χ1n) is 6.38. The monoisotopic (exact) mass is 357 g/mol. The van der Waals surface area contributed by atoms with Gasteiger partial charge in [-0.2, -0.15) is 8.42 Å². The van der Waals surface area contributed by atoms with E-state index in [-0.39, 0.29) is 16.3 Å². The van der Waals surface area contributed by atoms with Crippen LogP contribution in [0.15, 0.2) is 52.3 Å². The van der Waals surface area contributed by atoms with Gasteiger partial charge in [0.1, 0.15) is 10.6 Å². The van der Waals surface area contributed by atoms with E-state index in [9.17, 15) is 21.4 Å². The third kappa shape index (κ3) is 4.01. The van der Waals surface area contributed by atoms with E-state index >= 15 is 0 Å². The lowest BCUT2D eigenvalue weighted by molar-refractivity contribution is 0.414. The second kappa shape index (κ2) is 6.19. The van der Waals surface area contributed by atoms with Crippen LogP contribution in [0, 0.1) is 6.92 Å². The molecule has 124 valence electrons. The van der Waals surface area contributed by atoms with E-state index < -0.39 is 25.0 Å². The second-order valence-corrected chi connectivity index (χ2v) is 7.83. The molecule has 2 aromatic rings. The fraction of sp³-hybridized carbons (Fsp3) is 0.143. The summed E-state index contributed by atoms with van der Waals surface area (Å²) in [5, 5.41) is 0. The highest BCUT2D eigenvalue weighted by molar-refractivity contribution is 7.93. The van der Waals surface area contributed by atoms with Gasteiger partial charge in [-0.1, -0.05) is 17.7 Å². The van der Waals surface area contributed by atoms with E-state index in [0.29, 0.717) is 0 Å². The Hall–Kier alpha value is -2.10. The van der Waals surface area contributed by atoms with E-state index in [0.717, 1.165) is 11.6 Å². The van der Waals surface area contributed by atoms with Crippen molar-refractivity contribution >= 4 is 25.8 Å². The number of sulfonamides is 1. The Morgan fingerprint density at radius 2 is 1.61 bits per heavy atom. The summed E-state index contributed by atoms with van der Waals surface area (Å²) in [6.07, 6.45) is 0. The average Bonchev–Trinajstić information content (AvgIpc) is 2.46. The van der Waals surface area contributed by atoms with E-state index in [1.54, 1.807) is 12.1 Å². The van der Waals surface area contributed by atoms with Crippen LogP contribution < -0.4 is 9.46 Å². The largest absolute Gasteiger partial charge is 0.497 e. The molecule has 0 aliphatic carbocycles. The van der Waals surface area contributed by atoms with Crippen molar-refractivity contribution in [2.45, 2.75) is 16.7 Å². The minimum absolute atomic E-state index is 0.0350. The van der Waals surface area contributed by atoms with E-state index in [1.807, 2.05) is 6.92 Å². The molecule has 0 saturated carbocycles. The molecule has 2 aromatic carbocycles. The van der Waals surface area contributed by atoms with Gasteiger partial charge in [-0.25, -0.2) is 8.42 Å². The first-order valence-corrected chi connectivity index (χ1v) is 9.31. The maximum atomic E-state index is 12.4. The summed E-state index contributed by atoms with van der Waals surface area (Å²) in [5.74, 6) is 0.235. The van der Waals surface area contributed by atoms with Gasteiger partial charge in [0.25, 0.3) is 20.1 Å². The quantitative estimate of drug-likeness (QED) is 0.793. The van der Waals surface area contributed by atoms with Crippen LogP contribution in [0.2, 0.25) is 0 Å². The van der Waals surface area contributed by atoms with Gasteiger partial charge in [0, 0.05) is 6.07 Å². The molecule has 0 fully saturated rings. The minimum Gasteiger partial charge on any atom is -0.497 e. The van der Waals surface area contributed by atoms with Gasteiger partial charge in [-0.05, 0) is 31.2 Å². The Balaban J connectivity index is 2.51. The first kappa shape index (κ1) is 17.3. The number of hydrogen-bond acceptors (Lipinski definition) is 5. The first-order chi connectivity index (χ1) is 10.6. The zero-order valence-corrected chi connectivity index (χ0v) is 14.0. The van der Waals surface area contributed by atoms with Gasteiger partial charge in [-0.15, -0.1) is 0 Å². The number of benzene rings is 2. The molecule has 0 amide bonds. The van der Waals surface area contributed by atoms with Crippen molar-refractivity contribution in [1.29, 1.82) is 0 Å². The van der Waals surface area contributed by atoms with Crippen LogP contribution >= 0.6 is 0 Å². The summed E-state index contributed by atoms with van der Waals surface area (Å²) in [6.45, 7) is 1.81. The van der Waals surface area contributed by atoms with Crippen LogP contribution in [-0.4, -0.2) is 28.5 Å². The highest BCUT2D eigenvalue weighted by Gasteiger charge is 2.21. The molecule has 0 aliphatic heterocycles. The molecule has 2 N–H and O–H groups in total. The molecule has 0 heterocycles. The second-order valence-electron chi connectivity index (χ2n) is 4.76. The van der Waals surface area contributed by atoms with Crippen LogP contribution in [-0.2, 0) is 20.1 Å². The molecule has 0 saturated heterocycles. The lowest BCUT2D eigenvalue weighted by atomic mass is 10.2. The minimum atomic E-state index is -4.60. The molecule has 0 radical (unpaired) electrons. The molecule has 0 bridgehead atoms. The van der Waals surface area contributed by atoms with Crippen molar-refractivity contribution in [3.05, 3.63) is 48.0 Å². The van der Waals surface area contributed by atoms with Crippen LogP contribution in [0.5, 0.6) is 5.75 Å². The van der Waals surface area contributed by atoms with Gasteiger partial charge in [0.05, 0.1) is 17.7 Å². The molecule has 7 nitrogen and oxygen atoms in total. The molecular formula is C14H15NO6S2. The van der Waals surface area contributed by atoms with Gasteiger partial charge >= 0.3 is 0 Å². The number of aryl methyl sites for hydroxylation is 1. The third-order valence-corrected chi connectivity index (χ3v) is 5.33. The summed E-state index contributed by atoms with van der Waals surface area (Å²) in [5.41, 5.74) is 0.580.